The summed E-state index contributed by atoms with van der Waals surface area (Å²) in [5, 5.41) is 11.9. The molecule has 2 heterocycles. The minimum absolute atomic E-state index is 0.0401. The minimum Gasteiger partial charge on any atom is -0.481 e. The lowest BCUT2D eigenvalue weighted by Gasteiger charge is -2.32. The molecule has 0 unspecified atom stereocenters. The summed E-state index contributed by atoms with van der Waals surface area (Å²) < 4.78 is 26.5. The topological polar surface area (TPSA) is 120 Å². The molecule has 0 radical (unpaired) electrons. The van der Waals surface area contributed by atoms with E-state index in [1.165, 1.54) is 10.6 Å². The molecule has 2 aromatic carbocycles. The Hall–Kier alpha value is -4.05. The zero-order valence-electron chi connectivity index (χ0n) is 19.2. The van der Waals surface area contributed by atoms with Crippen LogP contribution in [0, 0.1) is 5.82 Å². The highest BCUT2D eigenvalue weighted by Crippen LogP contribution is 2.28. The third-order valence-corrected chi connectivity index (χ3v) is 5.63. The van der Waals surface area contributed by atoms with Gasteiger partial charge in [-0.25, -0.2) is 14.2 Å². The average Bonchev–Trinajstić information content (AvgIpc) is 2.83. The van der Waals surface area contributed by atoms with E-state index in [2.05, 4.69) is 10.3 Å². The summed E-state index contributed by atoms with van der Waals surface area (Å²) in [6.07, 6.45) is 0. The molecule has 0 saturated carbocycles. The summed E-state index contributed by atoms with van der Waals surface area (Å²) in [7, 11) is 0. The fraction of sp³-hybridized carbons (Fsp3) is 0.280. The van der Waals surface area contributed by atoms with Gasteiger partial charge in [0.15, 0.2) is 5.69 Å². The first kappa shape index (κ1) is 24.1. The maximum absolute atomic E-state index is 13.5. The molecule has 10 heteroatoms. The molecule has 0 saturated heterocycles. The van der Waals surface area contributed by atoms with Crippen molar-refractivity contribution in [2.75, 3.05) is 6.61 Å². The van der Waals surface area contributed by atoms with Crippen molar-refractivity contribution in [1.29, 1.82) is 0 Å². The van der Waals surface area contributed by atoms with Crippen molar-refractivity contribution in [1.82, 2.24) is 14.9 Å². The lowest BCUT2D eigenvalue weighted by atomic mass is 10.1. The molecule has 0 fully saturated rings. The molecule has 0 bridgehead atoms. The van der Waals surface area contributed by atoms with Crippen LogP contribution in [-0.2, 0) is 30.0 Å². The van der Waals surface area contributed by atoms with Crippen molar-refractivity contribution in [2.24, 2.45) is 0 Å². The van der Waals surface area contributed by atoms with E-state index in [1.807, 2.05) is 30.3 Å². The van der Waals surface area contributed by atoms with Gasteiger partial charge in [-0.3, -0.25) is 14.2 Å². The molecule has 9 nitrogen and oxygen atoms in total. The highest BCUT2D eigenvalue weighted by atomic mass is 19.1. The Morgan fingerprint density at radius 1 is 1.23 bits per heavy atom. The van der Waals surface area contributed by atoms with Crippen molar-refractivity contribution in [2.45, 2.75) is 39.1 Å². The Morgan fingerprint density at radius 2 is 1.97 bits per heavy atom. The third-order valence-electron chi connectivity index (χ3n) is 5.63. The fourth-order valence-electron chi connectivity index (χ4n) is 3.84. The van der Waals surface area contributed by atoms with Gasteiger partial charge in [-0.15, -0.1) is 0 Å². The molecule has 35 heavy (non-hydrogen) atoms. The quantitative estimate of drug-likeness (QED) is 0.533. The first-order valence-corrected chi connectivity index (χ1v) is 10.9. The van der Waals surface area contributed by atoms with Crippen LogP contribution in [0.5, 0.6) is 5.75 Å². The molecular formula is C25H24FN3O6. The van der Waals surface area contributed by atoms with E-state index in [9.17, 15) is 23.9 Å². The minimum atomic E-state index is -1.33. The number of fused-ring (bicyclic) bond motifs is 1. The van der Waals surface area contributed by atoms with Crippen LogP contribution >= 0.6 is 0 Å². The van der Waals surface area contributed by atoms with Crippen LogP contribution in [0.15, 0.2) is 53.3 Å². The number of hydrogen-bond donors (Lipinski definition) is 2. The molecular weight excluding hydrogens is 457 g/mol. The Morgan fingerprint density at radius 3 is 2.69 bits per heavy atom. The third kappa shape index (κ3) is 5.07. The highest BCUT2D eigenvalue weighted by molar-refractivity contribution is 5.95. The van der Waals surface area contributed by atoms with Gasteiger partial charge in [0, 0.05) is 6.54 Å². The molecule has 3 aromatic rings. The number of ether oxygens (including phenoxy) is 2. The van der Waals surface area contributed by atoms with Gasteiger partial charge in [-0.2, -0.15) is 0 Å². The molecule has 0 aliphatic carbocycles. The molecule has 0 spiro atoms. The number of carboxylic acids is 1. The number of carbonyl (C=O) groups is 2. The zero-order valence-corrected chi connectivity index (χ0v) is 19.2. The van der Waals surface area contributed by atoms with Crippen molar-refractivity contribution in [3.05, 3.63) is 92.9 Å². The van der Waals surface area contributed by atoms with E-state index in [1.54, 1.807) is 13.8 Å². The predicted octanol–water partition coefficient (Wildman–Crippen LogP) is 2.85. The van der Waals surface area contributed by atoms with Gasteiger partial charge in [-0.1, -0.05) is 36.4 Å². The number of aromatic nitrogens is 2. The first-order valence-electron chi connectivity index (χ1n) is 10.9. The number of carbonyl (C=O) groups excluding carboxylic acids is 1. The molecule has 1 amide bonds. The molecule has 0 atom stereocenters. The van der Waals surface area contributed by atoms with Crippen molar-refractivity contribution >= 4 is 11.9 Å². The number of benzene rings is 2. The van der Waals surface area contributed by atoms with Crippen molar-refractivity contribution in [3.63, 3.8) is 0 Å². The van der Waals surface area contributed by atoms with Crippen LogP contribution in [-0.4, -0.2) is 33.1 Å². The van der Waals surface area contributed by atoms with Crippen molar-refractivity contribution in [3.8, 4) is 5.75 Å². The number of amides is 1. The maximum atomic E-state index is 13.5. The summed E-state index contributed by atoms with van der Waals surface area (Å²) in [6, 6.07) is 12.4. The molecule has 1 aromatic heterocycles. The van der Waals surface area contributed by atoms with Crippen molar-refractivity contribution < 1.29 is 28.6 Å². The van der Waals surface area contributed by atoms with Gasteiger partial charge in [0.2, 0.25) is 5.75 Å². The summed E-state index contributed by atoms with van der Waals surface area (Å²) in [4.78, 5) is 42.4. The summed E-state index contributed by atoms with van der Waals surface area (Å²) in [5.41, 5.74) is -0.967. The number of aromatic carboxylic acids is 1. The Labute approximate surface area is 200 Å². The summed E-state index contributed by atoms with van der Waals surface area (Å²) in [5.74, 6) is -2.72. The van der Waals surface area contributed by atoms with E-state index < -0.39 is 28.9 Å². The number of carboxylic acid groups (broad SMARTS) is 1. The monoisotopic (exact) mass is 481 g/mol. The van der Waals surface area contributed by atoms with Gasteiger partial charge >= 0.3 is 5.97 Å². The Bertz CT molecular complexity index is 1340. The van der Waals surface area contributed by atoms with Crippen LogP contribution < -0.4 is 15.6 Å². The van der Waals surface area contributed by atoms with Crippen LogP contribution in [0.3, 0.4) is 0 Å². The van der Waals surface area contributed by atoms with E-state index in [4.69, 9.17) is 9.47 Å². The zero-order chi connectivity index (χ0) is 25.2. The van der Waals surface area contributed by atoms with E-state index in [0.29, 0.717) is 6.61 Å². The Balaban J connectivity index is 1.69. The molecule has 2 N–H and O–H groups in total. The van der Waals surface area contributed by atoms with Gasteiger partial charge in [-0.05, 0) is 37.1 Å². The smallest absolute Gasteiger partial charge is 0.336 e. The summed E-state index contributed by atoms with van der Waals surface area (Å²) in [6.45, 7) is 3.86. The largest absolute Gasteiger partial charge is 0.481 e. The fourth-order valence-corrected chi connectivity index (χ4v) is 3.84. The number of nitrogens with one attached hydrogen (secondary N) is 1. The van der Waals surface area contributed by atoms with Gasteiger partial charge in [0.05, 0.1) is 18.7 Å². The second-order valence-corrected chi connectivity index (χ2v) is 8.49. The van der Waals surface area contributed by atoms with E-state index in [-0.39, 0.29) is 48.1 Å². The van der Waals surface area contributed by atoms with Gasteiger partial charge in [0.1, 0.15) is 23.8 Å². The second-order valence-electron chi connectivity index (χ2n) is 8.49. The first-order chi connectivity index (χ1) is 16.7. The van der Waals surface area contributed by atoms with E-state index in [0.717, 1.165) is 17.7 Å². The second kappa shape index (κ2) is 9.67. The normalized spacial score (nSPS) is 14.1. The Kier molecular flexibility index (Phi) is 6.65. The number of hydrogen-bond acceptors (Lipinski definition) is 6. The lowest BCUT2D eigenvalue weighted by Crippen LogP contribution is -2.43. The molecule has 1 aliphatic rings. The average molecular weight is 481 g/mol. The van der Waals surface area contributed by atoms with Crippen LogP contribution in [0.2, 0.25) is 0 Å². The van der Waals surface area contributed by atoms with Crippen LogP contribution in [0.25, 0.3) is 0 Å². The van der Waals surface area contributed by atoms with Crippen LogP contribution in [0.1, 0.15) is 51.6 Å². The SMILES string of the molecule is CC1(C)OCCn2c1nc(C(=O)NCc1ccc(F)cc1C(=O)O)c(OCc1ccccc1)c2=O. The standard InChI is InChI=1S/C25H24FN3O6/c1-25(2)24-28-19(21(30)27-13-16-8-9-17(26)12-18(16)23(32)33)20(22(31)29(24)10-11-35-25)34-14-15-6-4-3-5-7-15/h3-9,12H,10-11,13-14H2,1-2H3,(H,27,30)(H,32,33). The highest BCUT2D eigenvalue weighted by Gasteiger charge is 2.35. The van der Waals surface area contributed by atoms with Gasteiger partial charge in [0.25, 0.3) is 11.5 Å². The maximum Gasteiger partial charge on any atom is 0.336 e. The van der Waals surface area contributed by atoms with E-state index >= 15 is 0 Å². The molecule has 1 aliphatic heterocycles. The molecule has 4 rings (SSSR count). The summed E-state index contributed by atoms with van der Waals surface area (Å²) >= 11 is 0. The lowest BCUT2D eigenvalue weighted by molar-refractivity contribution is -0.0567. The number of halogens is 1. The van der Waals surface area contributed by atoms with Crippen LogP contribution in [0.4, 0.5) is 4.39 Å². The molecule has 182 valence electrons. The van der Waals surface area contributed by atoms with Gasteiger partial charge < -0.3 is 19.9 Å². The number of rotatable bonds is 7. The number of nitrogens with zero attached hydrogens (tertiary/aromatic N) is 2. The predicted molar refractivity (Wildman–Crippen MR) is 123 cm³/mol.